The van der Waals surface area contributed by atoms with Gasteiger partial charge < -0.3 is 13.8 Å². The van der Waals surface area contributed by atoms with Crippen molar-refractivity contribution < 1.29 is 13.8 Å². The fourth-order valence-electron chi connectivity index (χ4n) is 3.57. The van der Waals surface area contributed by atoms with Gasteiger partial charge in [0.05, 0.1) is 31.7 Å². The summed E-state index contributed by atoms with van der Waals surface area (Å²) < 4.78 is 30.4. The van der Waals surface area contributed by atoms with Gasteiger partial charge in [0.15, 0.2) is 14.7 Å². The average Bonchev–Trinajstić information content (AvgIpc) is 2.70. The van der Waals surface area contributed by atoms with Crippen LogP contribution in [-0.4, -0.2) is 70.1 Å². The second-order valence-electron chi connectivity index (χ2n) is 8.86. The van der Waals surface area contributed by atoms with Crippen molar-refractivity contribution in [3.05, 3.63) is 45.0 Å². The lowest BCUT2D eigenvalue weighted by Crippen LogP contribution is -2.49. The van der Waals surface area contributed by atoms with Gasteiger partial charge in [-0.1, -0.05) is 6.08 Å². The van der Waals surface area contributed by atoms with Gasteiger partial charge in [-0.25, -0.2) is 14.1 Å². The van der Waals surface area contributed by atoms with Crippen molar-refractivity contribution in [2.75, 3.05) is 33.0 Å². The minimum Gasteiger partial charge on any atom is -0.348 e. The first-order valence-corrected chi connectivity index (χ1v) is 14.8. The summed E-state index contributed by atoms with van der Waals surface area (Å²) in [5, 5.41) is 9.01. The number of morpholine rings is 1. The third kappa shape index (κ3) is 8.29. The van der Waals surface area contributed by atoms with E-state index in [1.54, 1.807) is 25.2 Å². The number of nitrogens with one attached hydrogen (secondary N) is 1. The molecule has 0 aromatic carbocycles. The number of ether oxygens (including phenoxy) is 1. The van der Waals surface area contributed by atoms with Gasteiger partial charge in [0.25, 0.3) is 5.56 Å². The molecule has 1 saturated heterocycles. The summed E-state index contributed by atoms with van der Waals surface area (Å²) in [6, 6.07) is 3.75. The lowest BCUT2D eigenvalue weighted by molar-refractivity contribution is -0.0857. The molecule has 3 atom stereocenters. The standard InChI is InChI=1S/C21H35N5O5P2/c1-16(2)26(17(3)4)32(30-12-7-10-22)24-14-18(9-13-33(5,6)29)31-20(15-24)25-11-8-19(27)23-21(25)28/h8-9,11,13,16-18,20H,7,12,14-15H2,1-6H3,(H,23,27,28)/b13-9+. The first kappa shape index (κ1) is 27.7. The molecular formula is C21H35N5O5P2. The average molecular weight is 499 g/mol. The highest BCUT2D eigenvalue weighted by atomic mass is 31.2. The van der Waals surface area contributed by atoms with Gasteiger partial charge in [0, 0.05) is 30.9 Å². The number of nitrogens with zero attached hydrogens (tertiary/aromatic N) is 4. The van der Waals surface area contributed by atoms with Crippen LogP contribution < -0.4 is 11.2 Å². The van der Waals surface area contributed by atoms with Crippen molar-refractivity contribution in [1.82, 2.24) is 18.9 Å². The van der Waals surface area contributed by atoms with Crippen LogP contribution in [0.5, 0.6) is 0 Å². The van der Waals surface area contributed by atoms with Gasteiger partial charge in [0.1, 0.15) is 7.14 Å². The van der Waals surface area contributed by atoms with Crippen LogP contribution in [0.4, 0.5) is 0 Å². The second kappa shape index (κ2) is 12.2. The molecule has 12 heteroatoms. The Bertz CT molecular complexity index is 1000. The Hall–Kier alpha value is -1.59. The van der Waals surface area contributed by atoms with Crippen LogP contribution in [0, 0.1) is 11.3 Å². The quantitative estimate of drug-likeness (QED) is 0.385. The number of nitriles is 1. The van der Waals surface area contributed by atoms with E-state index in [0.717, 1.165) is 0 Å². The first-order valence-electron chi connectivity index (χ1n) is 11.0. The van der Waals surface area contributed by atoms with E-state index in [1.807, 2.05) is 0 Å². The van der Waals surface area contributed by atoms with Crippen LogP contribution in [0.2, 0.25) is 0 Å². The summed E-state index contributed by atoms with van der Waals surface area (Å²) >= 11 is 0. The number of hydrogen-bond acceptors (Lipinski definition) is 8. The zero-order valence-electron chi connectivity index (χ0n) is 20.2. The maximum absolute atomic E-state index is 12.5. The van der Waals surface area contributed by atoms with E-state index in [9.17, 15) is 14.2 Å². The highest BCUT2D eigenvalue weighted by molar-refractivity contribution is 7.65. The molecule has 1 N–H and O–H groups in total. The predicted molar refractivity (Wildman–Crippen MR) is 131 cm³/mol. The fourth-order valence-corrected chi connectivity index (χ4v) is 6.39. The summed E-state index contributed by atoms with van der Waals surface area (Å²) in [6.45, 7) is 12.8. The highest BCUT2D eigenvalue weighted by Crippen LogP contribution is 2.50. The molecule has 2 rings (SSSR count). The van der Waals surface area contributed by atoms with Crippen molar-refractivity contribution in [1.29, 1.82) is 5.26 Å². The molecule has 1 aromatic heterocycles. The van der Waals surface area contributed by atoms with Crippen LogP contribution >= 0.6 is 15.6 Å². The Labute approximate surface area is 196 Å². The molecule has 0 spiro atoms. The summed E-state index contributed by atoms with van der Waals surface area (Å²) in [4.78, 5) is 26.3. The molecule has 184 valence electrons. The monoisotopic (exact) mass is 499 g/mol. The molecule has 0 radical (unpaired) electrons. The molecule has 10 nitrogen and oxygen atoms in total. The molecular weight excluding hydrogens is 464 g/mol. The van der Waals surface area contributed by atoms with E-state index in [0.29, 0.717) is 19.7 Å². The van der Waals surface area contributed by atoms with Crippen LogP contribution in [0.3, 0.4) is 0 Å². The summed E-state index contributed by atoms with van der Waals surface area (Å²) in [5.41, 5.74) is -1.04. The van der Waals surface area contributed by atoms with Gasteiger partial charge in [-0.15, -0.1) is 0 Å². The van der Waals surface area contributed by atoms with E-state index < -0.39 is 39.2 Å². The van der Waals surface area contributed by atoms with Gasteiger partial charge >= 0.3 is 5.69 Å². The predicted octanol–water partition coefficient (Wildman–Crippen LogP) is 3.15. The Morgan fingerprint density at radius 2 is 2.00 bits per heavy atom. The molecule has 1 aromatic rings. The van der Waals surface area contributed by atoms with E-state index in [-0.39, 0.29) is 18.5 Å². The van der Waals surface area contributed by atoms with Crippen LogP contribution in [-0.2, 0) is 13.8 Å². The Kier molecular flexibility index (Phi) is 10.2. The lowest BCUT2D eigenvalue weighted by Gasteiger charge is -2.46. The van der Waals surface area contributed by atoms with Gasteiger partial charge in [-0.2, -0.15) is 5.26 Å². The molecule has 0 bridgehead atoms. The first-order chi connectivity index (χ1) is 15.4. The minimum atomic E-state index is -2.42. The van der Waals surface area contributed by atoms with Gasteiger partial charge in [-0.3, -0.25) is 14.3 Å². The normalized spacial score (nSPS) is 21.2. The van der Waals surface area contributed by atoms with Crippen molar-refractivity contribution in [2.45, 2.75) is 58.5 Å². The molecule has 3 unspecified atom stereocenters. The maximum atomic E-state index is 12.5. The second-order valence-corrected chi connectivity index (χ2v) is 13.8. The van der Waals surface area contributed by atoms with Gasteiger partial charge in [-0.05, 0) is 46.8 Å². The largest absolute Gasteiger partial charge is 0.348 e. The maximum Gasteiger partial charge on any atom is 0.330 e. The zero-order chi connectivity index (χ0) is 24.8. The van der Waals surface area contributed by atoms with Crippen molar-refractivity contribution in [3.8, 4) is 6.07 Å². The van der Waals surface area contributed by atoms with Crippen LogP contribution in [0.25, 0.3) is 0 Å². The number of aromatic amines is 1. The molecule has 1 aliphatic heterocycles. The molecule has 1 fully saturated rings. The summed E-state index contributed by atoms with van der Waals surface area (Å²) in [5.74, 6) is 1.66. The fraction of sp³-hybridized carbons (Fsp3) is 0.667. The molecule has 0 amide bonds. The van der Waals surface area contributed by atoms with Crippen molar-refractivity contribution in [2.24, 2.45) is 0 Å². The molecule has 0 aliphatic carbocycles. The smallest absolute Gasteiger partial charge is 0.330 e. The lowest BCUT2D eigenvalue weighted by atomic mass is 10.3. The SMILES string of the molecule is CC(C)N(C(C)C)P(OCCC#N)N1CC(/C=C/P(C)(C)=O)OC(n2ccc(=O)[nH]c2=O)C1. The summed E-state index contributed by atoms with van der Waals surface area (Å²) in [7, 11) is -3.71. The third-order valence-corrected chi connectivity index (χ3v) is 8.26. The van der Waals surface area contributed by atoms with Gasteiger partial charge in [0.2, 0.25) is 0 Å². The van der Waals surface area contributed by atoms with Crippen molar-refractivity contribution >= 4 is 15.6 Å². The minimum absolute atomic E-state index is 0.177. The van der Waals surface area contributed by atoms with Crippen LogP contribution in [0.15, 0.2) is 33.7 Å². The highest BCUT2D eigenvalue weighted by Gasteiger charge is 2.38. The topological polar surface area (TPSA) is 121 Å². The molecule has 2 heterocycles. The van der Waals surface area contributed by atoms with E-state index in [1.165, 1.54) is 16.8 Å². The summed E-state index contributed by atoms with van der Waals surface area (Å²) in [6.07, 6.45) is 2.34. The van der Waals surface area contributed by atoms with E-state index >= 15 is 0 Å². The number of rotatable bonds is 10. The van der Waals surface area contributed by atoms with Crippen LogP contribution in [0.1, 0.15) is 40.3 Å². The third-order valence-electron chi connectivity index (χ3n) is 4.83. The van der Waals surface area contributed by atoms with Crippen molar-refractivity contribution in [3.63, 3.8) is 0 Å². The number of H-pyrrole nitrogens is 1. The van der Waals surface area contributed by atoms with E-state index in [4.69, 9.17) is 14.5 Å². The zero-order valence-corrected chi connectivity index (χ0v) is 22.0. The number of aromatic nitrogens is 2. The molecule has 1 aliphatic rings. The molecule has 33 heavy (non-hydrogen) atoms. The Balaban J connectivity index is 2.46. The Morgan fingerprint density at radius 1 is 1.33 bits per heavy atom. The van der Waals surface area contributed by atoms with E-state index in [2.05, 4.69) is 48.1 Å². The molecule has 0 saturated carbocycles. The number of hydrogen-bond donors (Lipinski definition) is 1. The Morgan fingerprint density at radius 3 is 2.55 bits per heavy atom.